The number of halogens is 1. The van der Waals surface area contributed by atoms with Crippen molar-refractivity contribution in [1.29, 1.82) is 0 Å². The van der Waals surface area contributed by atoms with Crippen LogP contribution in [0.3, 0.4) is 0 Å². The second-order valence-corrected chi connectivity index (χ2v) is 5.05. The predicted molar refractivity (Wildman–Crippen MR) is 71.3 cm³/mol. The minimum Gasteiger partial charge on any atom is -0.380 e. The molecule has 2 aromatic rings. The van der Waals surface area contributed by atoms with Gasteiger partial charge < -0.3 is 14.3 Å². The van der Waals surface area contributed by atoms with E-state index in [2.05, 4.69) is 25.5 Å². The summed E-state index contributed by atoms with van der Waals surface area (Å²) in [7, 11) is 1.71. The number of hydrogen-bond donors (Lipinski definition) is 1. The molecule has 1 N–H and O–H groups in total. The fourth-order valence-corrected chi connectivity index (χ4v) is 2.29. The Morgan fingerprint density at radius 3 is 3.00 bits per heavy atom. The van der Waals surface area contributed by atoms with E-state index in [1.165, 1.54) is 0 Å². The highest BCUT2D eigenvalue weighted by Gasteiger charge is 2.07. The third-order valence-corrected chi connectivity index (χ3v) is 3.39. The van der Waals surface area contributed by atoms with Crippen LogP contribution in [-0.4, -0.2) is 22.8 Å². The van der Waals surface area contributed by atoms with Gasteiger partial charge in [-0.25, -0.2) is 0 Å². The lowest BCUT2D eigenvalue weighted by Crippen LogP contribution is -2.14. The summed E-state index contributed by atoms with van der Waals surface area (Å²) in [6, 6.07) is 6.09. The molecule has 0 fully saturated rings. The van der Waals surface area contributed by atoms with Crippen LogP contribution < -0.4 is 0 Å². The zero-order valence-electron chi connectivity index (χ0n) is 9.16. The monoisotopic (exact) mass is 300 g/mol. The van der Waals surface area contributed by atoms with Gasteiger partial charge in [-0.2, -0.15) is 0 Å². The Labute approximate surface area is 108 Å². The van der Waals surface area contributed by atoms with Crippen LogP contribution in [0.4, 0.5) is 0 Å². The first-order valence-corrected chi connectivity index (χ1v) is 6.23. The molecule has 0 saturated heterocycles. The Morgan fingerprint density at radius 1 is 1.56 bits per heavy atom. The Kier molecular flexibility index (Phi) is 3.47. The Hall–Kier alpha value is -0.650. The summed E-state index contributed by atoms with van der Waals surface area (Å²) in [6.45, 7) is 2.79. The van der Waals surface area contributed by atoms with Gasteiger partial charge in [-0.15, -0.1) is 0 Å². The quantitative estimate of drug-likeness (QED) is 0.879. The number of rotatable bonds is 3. The molecule has 5 heteroatoms. The van der Waals surface area contributed by atoms with Crippen molar-refractivity contribution in [3.8, 4) is 0 Å². The van der Waals surface area contributed by atoms with E-state index in [0.717, 1.165) is 26.8 Å². The summed E-state index contributed by atoms with van der Waals surface area (Å²) < 4.78 is 9.10. The fourth-order valence-electron chi connectivity index (χ4n) is 1.65. The number of ether oxygens (including phenoxy) is 1. The van der Waals surface area contributed by atoms with E-state index in [4.69, 9.17) is 17.0 Å². The number of nitrogens with one attached hydrogen (secondary N) is 1. The van der Waals surface area contributed by atoms with E-state index >= 15 is 0 Å². The first kappa shape index (κ1) is 11.8. The van der Waals surface area contributed by atoms with Gasteiger partial charge in [0.25, 0.3) is 0 Å². The van der Waals surface area contributed by atoms with E-state index in [1.54, 1.807) is 7.11 Å². The van der Waals surface area contributed by atoms with E-state index in [1.807, 2.05) is 25.1 Å². The minimum atomic E-state index is 0.148. The summed E-state index contributed by atoms with van der Waals surface area (Å²) in [5, 5.41) is 0. The molecular weight excluding hydrogens is 288 g/mol. The third-order valence-electron chi connectivity index (χ3n) is 2.58. The van der Waals surface area contributed by atoms with E-state index in [0.29, 0.717) is 0 Å². The highest BCUT2D eigenvalue weighted by atomic mass is 79.9. The lowest BCUT2D eigenvalue weighted by atomic mass is 10.3. The van der Waals surface area contributed by atoms with Crippen molar-refractivity contribution in [1.82, 2.24) is 9.55 Å². The third kappa shape index (κ3) is 2.21. The molecule has 1 atom stereocenters. The highest BCUT2D eigenvalue weighted by molar-refractivity contribution is 9.10. The van der Waals surface area contributed by atoms with Gasteiger partial charge in [-0.05, 0) is 37.3 Å². The van der Waals surface area contributed by atoms with E-state index in [-0.39, 0.29) is 6.10 Å². The first-order valence-electron chi connectivity index (χ1n) is 5.02. The molecular formula is C11H13BrN2OS. The van der Waals surface area contributed by atoms with Crippen molar-refractivity contribution in [3.05, 3.63) is 27.4 Å². The van der Waals surface area contributed by atoms with Crippen LogP contribution in [0.25, 0.3) is 11.0 Å². The normalized spacial score (nSPS) is 13.2. The lowest BCUT2D eigenvalue weighted by molar-refractivity contribution is 0.104. The molecule has 1 aromatic heterocycles. The first-order chi connectivity index (χ1) is 7.61. The van der Waals surface area contributed by atoms with Gasteiger partial charge in [0.05, 0.1) is 23.7 Å². The van der Waals surface area contributed by atoms with E-state index in [9.17, 15) is 0 Å². The van der Waals surface area contributed by atoms with Crippen LogP contribution >= 0.6 is 28.1 Å². The number of hydrogen-bond acceptors (Lipinski definition) is 2. The van der Waals surface area contributed by atoms with Crippen LogP contribution in [0.2, 0.25) is 0 Å². The number of H-pyrrole nitrogens is 1. The zero-order chi connectivity index (χ0) is 11.7. The summed E-state index contributed by atoms with van der Waals surface area (Å²) in [5.41, 5.74) is 2.15. The minimum absolute atomic E-state index is 0.148. The molecule has 86 valence electrons. The van der Waals surface area contributed by atoms with Gasteiger partial charge in [-0.3, -0.25) is 0 Å². The van der Waals surface area contributed by atoms with Crippen LogP contribution in [0.1, 0.15) is 6.92 Å². The van der Waals surface area contributed by atoms with Gasteiger partial charge in [0.2, 0.25) is 0 Å². The maximum absolute atomic E-state index is 5.30. The summed E-state index contributed by atoms with van der Waals surface area (Å²) in [6.07, 6.45) is 0.148. The summed E-state index contributed by atoms with van der Waals surface area (Å²) >= 11 is 8.74. The molecule has 1 heterocycles. The maximum atomic E-state index is 5.30. The molecule has 1 unspecified atom stereocenters. The van der Waals surface area contributed by atoms with Crippen molar-refractivity contribution in [2.75, 3.05) is 7.11 Å². The lowest BCUT2D eigenvalue weighted by Gasteiger charge is -2.10. The number of nitrogens with zero attached hydrogens (tertiary/aromatic N) is 1. The number of imidazole rings is 1. The second kappa shape index (κ2) is 4.69. The van der Waals surface area contributed by atoms with Gasteiger partial charge in [-0.1, -0.05) is 15.9 Å². The Balaban J connectivity index is 2.52. The second-order valence-electron chi connectivity index (χ2n) is 3.75. The largest absolute Gasteiger partial charge is 0.380 e. The number of aromatic amines is 1. The zero-order valence-corrected chi connectivity index (χ0v) is 11.6. The molecule has 3 nitrogen and oxygen atoms in total. The molecule has 0 amide bonds. The molecule has 0 aliphatic heterocycles. The SMILES string of the molecule is COC(C)Cn1c(=S)[nH]c2cc(Br)ccc21. The topological polar surface area (TPSA) is 29.9 Å². The van der Waals surface area contributed by atoms with Crippen LogP contribution in [0, 0.1) is 4.77 Å². The molecule has 0 saturated carbocycles. The maximum Gasteiger partial charge on any atom is 0.178 e. The standard InChI is InChI=1S/C11H13BrN2OS/c1-7(15-2)6-14-10-4-3-8(12)5-9(10)13-11(14)16/h3-5,7H,6H2,1-2H3,(H,13,16). The van der Waals surface area contributed by atoms with Crippen molar-refractivity contribution in [3.63, 3.8) is 0 Å². The van der Waals surface area contributed by atoms with E-state index < -0.39 is 0 Å². The summed E-state index contributed by atoms with van der Waals surface area (Å²) in [5.74, 6) is 0. The number of methoxy groups -OCH3 is 1. The Bertz CT molecular complexity index is 561. The molecule has 0 radical (unpaired) electrons. The molecule has 0 bridgehead atoms. The molecule has 1 aromatic carbocycles. The molecule has 0 spiro atoms. The smallest absolute Gasteiger partial charge is 0.178 e. The highest BCUT2D eigenvalue weighted by Crippen LogP contribution is 2.19. The molecule has 0 aliphatic rings. The van der Waals surface area contributed by atoms with Gasteiger partial charge in [0, 0.05) is 11.6 Å². The van der Waals surface area contributed by atoms with Crippen molar-refractivity contribution in [2.45, 2.75) is 19.6 Å². The van der Waals surface area contributed by atoms with Crippen molar-refractivity contribution in [2.24, 2.45) is 0 Å². The van der Waals surface area contributed by atoms with Gasteiger partial charge >= 0.3 is 0 Å². The Morgan fingerprint density at radius 2 is 2.31 bits per heavy atom. The van der Waals surface area contributed by atoms with Crippen LogP contribution in [0.5, 0.6) is 0 Å². The van der Waals surface area contributed by atoms with Crippen molar-refractivity contribution < 1.29 is 4.74 Å². The number of fused-ring (bicyclic) bond motifs is 1. The average Bonchev–Trinajstić information content (AvgIpc) is 2.54. The van der Waals surface area contributed by atoms with Crippen molar-refractivity contribution >= 4 is 39.2 Å². The number of benzene rings is 1. The van der Waals surface area contributed by atoms with Crippen LogP contribution in [0.15, 0.2) is 22.7 Å². The van der Waals surface area contributed by atoms with Gasteiger partial charge in [0.15, 0.2) is 4.77 Å². The average molecular weight is 301 g/mol. The number of aromatic nitrogens is 2. The summed E-state index contributed by atoms with van der Waals surface area (Å²) in [4.78, 5) is 3.19. The fraction of sp³-hybridized carbons (Fsp3) is 0.364. The molecule has 0 aliphatic carbocycles. The predicted octanol–water partition coefficient (Wildman–Crippen LogP) is 3.50. The molecule has 16 heavy (non-hydrogen) atoms. The molecule has 2 rings (SSSR count). The van der Waals surface area contributed by atoms with Gasteiger partial charge in [0.1, 0.15) is 0 Å². The van der Waals surface area contributed by atoms with Crippen LogP contribution in [-0.2, 0) is 11.3 Å².